The van der Waals surface area contributed by atoms with Crippen molar-refractivity contribution in [2.24, 2.45) is 5.41 Å². The molecular weight excluding hydrogens is 716 g/mol. The van der Waals surface area contributed by atoms with Crippen molar-refractivity contribution in [2.75, 3.05) is 51.3 Å². The van der Waals surface area contributed by atoms with E-state index in [1.54, 1.807) is 36.9 Å². The number of nitrogens with one attached hydrogen (secondary N) is 1. The Morgan fingerprint density at radius 1 is 0.942 bits per heavy atom. The Morgan fingerprint density at radius 2 is 1.56 bits per heavy atom. The number of nitrogens with zero attached hydrogens (tertiary/aromatic N) is 2. The third-order valence-corrected chi connectivity index (χ3v) is 11.2. The zero-order valence-electron chi connectivity index (χ0n) is 31.3. The molecule has 0 spiro atoms. The number of thiazole rings is 1. The molecule has 1 aromatic heterocycles. The number of allylic oxidation sites excluding steroid dienone is 6. The molecule has 0 radical (unpaired) electrons. The Morgan fingerprint density at radius 3 is 2.12 bits per heavy atom. The molecule has 1 aliphatic heterocycles. The molecule has 3 aromatic rings. The molecule has 0 saturated heterocycles. The van der Waals surface area contributed by atoms with Crippen LogP contribution in [0.3, 0.4) is 0 Å². The number of halogens is 1. The maximum Gasteiger partial charge on any atom is 0.324 e. The minimum absolute atomic E-state index is 0.0417. The van der Waals surface area contributed by atoms with Crippen molar-refractivity contribution >= 4 is 68.6 Å². The van der Waals surface area contributed by atoms with Crippen molar-refractivity contribution in [1.29, 1.82) is 0 Å². The van der Waals surface area contributed by atoms with Gasteiger partial charge in [-0.15, -0.1) is 0 Å². The van der Waals surface area contributed by atoms with Crippen LogP contribution in [-0.2, 0) is 25.6 Å². The lowest BCUT2D eigenvalue weighted by atomic mass is 9.71. The molecule has 2 aromatic carbocycles. The van der Waals surface area contributed by atoms with Crippen LogP contribution in [0.1, 0.15) is 59.4 Å². The summed E-state index contributed by atoms with van der Waals surface area (Å²) in [5, 5.41) is 15.1. The summed E-state index contributed by atoms with van der Waals surface area (Å²) in [5.41, 5.74) is 5.30. The number of carbonyl (C=O) groups excluding carboxylic acids is 2. The zero-order valence-corrected chi connectivity index (χ0v) is 33.7. The van der Waals surface area contributed by atoms with Crippen LogP contribution < -0.4 is 20.7 Å². The molecule has 1 aliphatic carbocycles. The van der Waals surface area contributed by atoms with E-state index in [9.17, 15) is 14.7 Å². The van der Waals surface area contributed by atoms with Crippen LogP contribution in [0.15, 0.2) is 92.9 Å². The fourth-order valence-electron chi connectivity index (χ4n) is 5.78. The Kier molecular flexibility index (Phi) is 18.1. The smallest absolute Gasteiger partial charge is 0.324 e. The van der Waals surface area contributed by atoms with E-state index in [1.165, 1.54) is 24.3 Å². The molecule has 0 fully saturated rings. The molecular formula is C40H54ClN4O5S2+. The van der Waals surface area contributed by atoms with E-state index in [1.807, 2.05) is 54.6 Å². The summed E-state index contributed by atoms with van der Waals surface area (Å²) in [4.78, 5) is 30.4. The Bertz CT molecular complexity index is 1710. The van der Waals surface area contributed by atoms with Crippen LogP contribution in [0.4, 0.5) is 5.69 Å². The van der Waals surface area contributed by atoms with E-state index in [-0.39, 0.29) is 32.7 Å². The number of hydrogen-bond acceptors (Lipinski definition) is 9. The number of hydrogen-bond donors (Lipinski definition) is 2. The molecule has 2 aliphatic rings. The van der Waals surface area contributed by atoms with Crippen molar-refractivity contribution in [1.82, 2.24) is 4.90 Å². The van der Waals surface area contributed by atoms with E-state index in [2.05, 4.69) is 66.4 Å². The SMILES string of the molecule is CCN(CC)CC.CCOC(=O)C1(C(=O)OCC)CC(=CC=C2Nc3ccccc3S2)C(Cl)=C(C=Cc2sc3ccccc3[n+]2CC)C1.[NH3+]CC[O-]. The summed E-state index contributed by atoms with van der Waals surface area (Å²) >= 11 is 10.3. The lowest BCUT2D eigenvalue weighted by Crippen LogP contribution is -2.54. The monoisotopic (exact) mass is 769 g/mol. The number of rotatable bonds is 12. The summed E-state index contributed by atoms with van der Waals surface area (Å²) in [5.74, 6) is -1.20. The molecule has 4 N–H and O–H groups in total. The van der Waals surface area contributed by atoms with Crippen molar-refractivity contribution in [3.63, 3.8) is 0 Å². The van der Waals surface area contributed by atoms with Crippen LogP contribution in [0.5, 0.6) is 0 Å². The highest BCUT2D eigenvalue weighted by Gasteiger charge is 2.52. The predicted molar refractivity (Wildman–Crippen MR) is 213 cm³/mol. The molecule has 0 unspecified atom stereocenters. The second-order valence-electron chi connectivity index (χ2n) is 11.8. The number of carbonyl (C=O) groups is 2. The first-order valence-electron chi connectivity index (χ1n) is 18.0. The van der Waals surface area contributed by atoms with Gasteiger partial charge in [-0.1, -0.05) is 92.4 Å². The van der Waals surface area contributed by atoms with Gasteiger partial charge in [-0.3, -0.25) is 9.59 Å². The van der Waals surface area contributed by atoms with Gasteiger partial charge in [0.1, 0.15) is 11.2 Å². The first-order valence-corrected chi connectivity index (χ1v) is 20.0. The highest BCUT2D eigenvalue weighted by atomic mass is 35.5. The number of quaternary nitrogens is 1. The summed E-state index contributed by atoms with van der Waals surface area (Å²) in [6, 6.07) is 16.3. The molecule has 0 amide bonds. The van der Waals surface area contributed by atoms with Gasteiger partial charge >= 0.3 is 11.9 Å². The van der Waals surface area contributed by atoms with E-state index >= 15 is 0 Å². The van der Waals surface area contributed by atoms with Gasteiger partial charge in [0.15, 0.2) is 5.41 Å². The average molecular weight is 770 g/mol. The minimum atomic E-state index is -1.53. The van der Waals surface area contributed by atoms with Gasteiger partial charge in [0, 0.05) is 34.9 Å². The third-order valence-electron chi connectivity index (χ3n) is 8.55. The molecule has 9 nitrogen and oxygen atoms in total. The molecule has 0 atom stereocenters. The summed E-state index contributed by atoms with van der Waals surface area (Å²) in [6.07, 6.45) is 7.93. The topological polar surface area (TPSA) is 122 Å². The van der Waals surface area contributed by atoms with E-state index in [0.717, 1.165) is 32.7 Å². The van der Waals surface area contributed by atoms with E-state index < -0.39 is 17.4 Å². The quantitative estimate of drug-likeness (QED) is 0.121. The van der Waals surface area contributed by atoms with Crippen LogP contribution in [0.25, 0.3) is 16.3 Å². The number of aryl methyl sites for hydroxylation is 1. The van der Waals surface area contributed by atoms with E-state index in [4.69, 9.17) is 21.1 Å². The minimum Gasteiger partial charge on any atom is -0.850 e. The van der Waals surface area contributed by atoms with E-state index in [0.29, 0.717) is 22.7 Å². The summed E-state index contributed by atoms with van der Waals surface area (Å²) in [6.45, 7) is 17.3. The molecule has 5 rings (SSSR count). The highest BCUT2D eigenvalue weighted by molar-refractivity contribution is 8.03. The number of fused-ring (bicyclic) bond motifs is 2. The van der Waals surface area contributed by atoms with Gasteiger partial charge < -0.3 is 30.5 Å². The lowest BCUT2D eigenvalue weighted by Gasteiger charge is -2.34. The maximum atomic E-state index is 13.5. The first-order chi connectivity index (χ1) is 25.2. The van der Waals surface area contributed by atoms with Gasteiger partial charge in [0.2, 0.25) is 5.52 Å². The summed E-state index contributed by atoms with van der Waals surface area (Å²) in [7, 11) is 0. The van der Waals surface area contributed by atoms with Gasteiger partial charge in [-0.2, -0.15) is 4.57 Å². The third kappa shape index (κ3) is 11.0. The zero-order chi connectivity index (χ0) is 38.1. The van der Waals surface area contributed by atoms with Crippen LogP contribution in [-0.4, -0.2) is 62.8 Å². The van der Waals surface area contributed by atoms with Crippen molar-refractivity contribution in [2.45, 2.75) is 65.8 Å². The summed E-state index contributed by atoms with van der Waals surface area (Å²) < 4.78 is 14.3. The first kappa shape index (κ1) is 43.0. The van der Waals surface area contributed by atoms with Crippen LogP contribution >= 0.6 is 34.7 Å². The van der Waals surface area contributed by atoms with Crippen molar-refractivity contribution < 1.29 is 34.5 Å². The standard InChI is InChI=1S/C32H31ClN2O4S2.C6H15N.C2H6NO/c1-4-35-24-12-8-10-14-26(24)41-28(35)18-16-22-20-32(30(36)38-5-2,31(37)39-6-3)19-21(29(22)33)15-17-27-34-23-11-7-9-13-25(23)40-27;1-4-7(5-2)6-3;3-1-2-4/h7-18H,4-6,19-20H2,1-3H3;4-6H2,1-3H3;1-3H2/q;;-1/p+2. The second kappa shape index (κ2) is 21.9. The molecule has 12 heteroatoms. The second-order valence-corrected chi connectivity index (χ2v) is 14.3. The normalized spacial score (nSPS) is 16.3. The van der Waals surface area contributed by atoms with Gasteiger partial charge in [0.25, 0.3) is 5.01 Å². The Balaban J connectivity index is 0.000000579. The average Bonchev–Trinajstić information content (AvgIpc) is 3.75. The van der Waals surface area contributed by atoms with Crippen molar-refractivity contribution in [3.8, 4) is 0 Å². The predicted octanol–water partition coefficient (Wildman–Crippen LogP) is 6.54. The number of para-hydroxylation sites is 2. The number of thioether (sulfide) groups is 1. The van der Waals surface area contributed by atoms with Crippen molar-refractivity contribution in [3.05, 3.63) is 93.0 Å². The Hall–Kier alpha value is -3.45. The lowest BCUT2D eigenvalue weighted by molar-refractivity contribution is -0.665. The Labute approximate surface area is 322 Å². The van der Waals surface area contributed by atoms with Crippen LogP contribution in [0, 0.1) is 5.41 Å². The largest absolute Gasteiger partial charge is 0.850 e. The molecule has 0 saturated carbocycles. The fraction of sp³-hybridized carbons (Fsp3) is 0.425. The molecule has 282 valence electrons. The number of ether oxygens (including phenoxy) is 2. The van der Waals surface area contributed by atoms with Gasteiger partial charge in [-0.05, 0) is 81.9 Å². The molecule has 2 heterocycles. The van der Waals surface area contributed by atoms with Gasteiger partial charge in [-0.25, -0.2) is 0 Å². The maximum absolute atomic E-state index is 13.5. The van der Waals surface area contributed by atoms with Crippen LogP contribution in [0.2, 0.25) is 0 Å². The highest BCUT2D eigenvalue weighted by Crippen LogP contribution is 2.47. The fourth-order valence-corrected chi connectivity index (χ4v) is 8.08. The number of aromatic nitrogens is 1. The van der Waals surface area contributed by atoms with Gasteiger partial charge in [0.05, 0.1) is 30.5 Å². The molecule has 52 heavy (non-hydrogen) atoms. The number of benzene rings is 2. The molecule has 0 bridgehead atoms. The number of esters is 2. The number of anilines is 1.